The molecule has 0 radical (unpaired) electrons. The summed E-state index contributed by atoms with van der Waals surface area (Å²) in [5, 5.41) is 11.1. The lowest BCUT2D eigenvalue weighted by Crippen LogP contribution is -2.52. The minimum absolute atomic E-state index is 0.133. The molecule has 0 unspecified atom stereocenters. The SMILES string of the molecule is C#C[C@]1(O)CC[C@H]2[C@@H]3CCc4cc(OC)ccc4[C@@H]3[C@@H](C)C[C@@]21C. The van der Waals surface area contributed by atoms with E-state index in [0.717, 1.165) is 31.4 Å². The zero-order valence-electron chi connectivity index (χ0n) is 15.0. The quantitative estimate of drug-likeness (QED) is 0.786. The van der Waals surface area contributed by atoms with Crippen molar-refractivity contribution in [3.05, 3.63) is 29.3 Å². The maximum atomic E-state index is 11.1. The first-order valence-electron chi connectivity index (χ1n) is 9.30. The predicted molar refractivity (Wildman–Crippen MR) is 95.9 cm³/mol. The van der Waals surface area contributed by atoms with Crippen molar-refractivity contribution in [1.29, 1.82) is 0 Å². The third-order valence-electron chi connectivity index (χ3n) is 7.61. The van der Waals surface area contributed by atoms with Crippen LogP contribution in [0.5, 0.6) is 5.75 Å². The van der Waals surface area contributed by atoms with Gasteiger partial charge in [-0.25, -0.2) is 0 Å². The van der Waals surface area contributed by atoms with E-state index >= 15 is 0 Å². The maximum Gasteiger partial charge on any atom is 0.130 e. The number of terminal acetylenes is 1. The number of rotatable bonds is 1. The first kappa shape index (κ1) is 16.0. The van der Waals surface area contributed by atoms with E-state index in [0.29, 0.717) is 23.7 Å². The van der Waals surface area contributed by atoms with Gasteiger partial charge in [-0.05, 0) is 79.0 Å². The van der Waals surface area contributed by atoms with Crippen LogP contribution >= 0.6 is 0 Å². The molecule has 4 rings (SSSR count). The fourth-order valence-corrected chi connectivity index (χ4v) is 6.48. The molecule has 128 valence electrons. The lowest BCUT2D eigenvalue weighted by molar-refractivity contribution is -0.0811. The third-order valence-corrected chi connectivity index (χ3v) is 7.61. The Morgan fingerprint density at radius 1 is 1.33 bits per heavy atom. The molecule has 2 saturated carbocycles. The van der Waals surface area contributed by atoms with Gasteiger partial charge in [-0.1, -0.05) is 25.8 Å². The van der Waals surface area contributed by atoms with Crippen LogP contribution in [-0.2, 0) is 6.42 Å². The molecule has 1 aromatic carbocycles. The fourth-order valence-electron chi connectivity index (χ4n) is 6.48. The molecule has 3 aliphatic carbocycles. The first-order valence-corrected chi connectivity index (χ1v) is 9.30. The monoisotopic (exact) mass is 324 g/mol. The summed E-state index contributed by atoms with van der Waals surface area (Å²) in [5.74, 6) is 6.05. The molecule has 2 nitrogen and oxygen atoms in total. The number of aryl methyl sites for hydroxylation is 1. The second kappa shape index (κ2) is 5.27. The van der Waals surface area contributed by atoms with E-state index in [1.54, 1.807) is 7.11 Å². The number of ether oxygens (including phenoxy) is 1. The molecule has 0 saturated heterocycles. The summed E-state index contributed by atoms with van der Waals surface area (Å²) in [6.45, 7) is 4.61. The minimum atomic E-state index is -0.920. The Morgan fingerprint density at radius 2 is 2.12 bits per heavy atom. The van der Waals surface area contributed by atoms with Gasteiger partial charge in [-0.15, -0.1) is 6.42 Å². The summed E-state index contributed by atoms with van der Waals surface area (Å²) in [6.07, 6.45) is 10.9. The van der Waals surface area contributed by atoms with Crippen molar-refractivity contribution in [1.82, 2.24) is 0 Å². The van der Waals surface area contributed by atoms with E-state index in [-0.39, 0.29) is 5.41 Å². The van der Waals surface area contributed by atoms with Gasteiger partial charge in [0.25, 0.3) is 0 Å². The summed E-state index contributed by atoms with van der Waals surface area (Å²) in [5.41, 5.74) is 1.91. The lowest BCUT2D eigenvalue weighted by atomic mass is 9.50. The van der Waals surface area contributed by atoms with Gasteiger partial charge in [0.2, 0.25) is 0 Å². The van der Waals surface area contributed by atoms with Gasteiger partial charge in [0.1, 0.15) is 11.4 Å². The molecular weight excluding hydrogens is 296 g/mol. The number of benzene rings is 1. The van der Waals surface area contributed by atoms with E-state index in [4.69, 9.17) is 11.2 Å². The van der Waals surface area contributed by atoms with Crippen molar-refractivity contribution in [2.75, 3.05) is 7.11 Å². The van der Waals surface area contributed by atoms with E-state index in [2.05, 4.69) is 38.0 Å². The van der Waals surface area contributed by atoms with E-state index in [1.165, 1.54) is 17.5 Å². The van der Waals surface area contributed by atoms with Gasteiger partial charge < -0.3 is 9.84 Å². The molecule has 0 aromatic heterocycles. The highest BCUT2D eigenvalue weighted by Crippen LogP contribution is 2.65. The van der Waals surface area contributed by atoms with Crippen molar-refractivity contribution in [3.8, 4) is 18.1 Å². The summed E-state index contributed by atoms with van der Waals surface area (Å²) >= 11 is 0. The van der Waals surface area contributed by atoms with E-state index in [9.17, 15) is 5.11 Å². The average Bonchev–Trinajstić information content (AvgIpc) is 2.85. The molecule has 0 amide bonds. The first-order chi connectivity index (χ1) is 11.4. The molecule has 3 aliphatic rings. The van der Waals surface area contributed by atoms with Crippen LogP contribution < -0.4 is 4.74 Å². The molecule has 6 atom stereocenters. The highest BCUT2D eigenvalue weighted by molar-refractivity contribution is 5.41. The average molecular weight is 324 g/mol. The highest BCUT2D eigenvalue weighted by atomic mass is 16.5. The molecule has 0 spiro atoms. The Hall–Kier alpha value is -1.46. The van der Waals surface area contributed by atoms with Crippen LogP contribution in [0, 0.1) is 35.5 Å². The van der Waals surface area contributed by atoms with Crippen LogP contribution in [0.1, 0.15) is 56.6 Å². The Morgan fingerprint density at radius 3 is 2.83 bits per heavy atom. The Kier molecular flexibility index (Phi) is 3.52. The number of methoxy groups -OCH3 is 1. The Labute approximate surface area is 145 Å². The topological polar surface area (TPSA) is 29.5 Å². The van der Waals surface area contributed by atoms with E-state index in [1.807, 2.05) is 0 Å². The zero-order valence-corrected chi connectivity index (χ0v) is 15.0. The van der Waals surface area contributed by atoms with Crippen LogP contribution in [0.2, 0.25) is 0 Å². The van der Waals surface area contributed by atoms with E-state index < -0.39 is 5.60 Å². The Bertz CT molecular complexity index is 702. The standard InChI is InChI=1S/C22H28O2/c1-5-22(23)11-10-19-18-8-6-15-12-16(24-4)7-9-17(15)20(18)14(2)13-21(19,22)3/h1,7,9,12,14,18-20,23H,6,8,10-11,13H2,2-4H3/t14-,18-,19-,20-,21-,22-/m0/s1. The van der Waals surface area contributed by atoms with Crippen molar-refractivity contribution >= 4 is 0 Å². The maximum absolute atomic E-state index is 11.1. The lowest BCUT2D eigenvalue weighted by Gasteiger charge is -2.54. The number of hydrogen-bond acceptors (Lipinski definition) is 2. The number of aliphatic hydroxyl groups is 1. The van der Waals surface area contributed by atoms with Gasteiger partial charge in [0.15, 0.2) is 0 Å². The smallest absolute Gasteiger partial charge is 0.130 e. The third kappa shape index (κ3) is 1.94. The second-order valence-electron chi connectivity index (χ2n) is 8.54. The molecule has 1 N–H and O–H groups in total. The van der Waals surface area contributed by atoms with Crippen LogP contribution in [0.3, 0.4) is 0 Å². The van der Waals surface area contributed by atoms with Gasteiger partial charge in [0, 0.05) is 5.41 Å². The zero-order chi connectivity index (χ0) is 17.1. The molecule has 24 heavy (non-hydrogen) atoms. The van der Waals surface area contributed by atoms with Crippen molar-refractivity contribution in [2.24, 2.45) is 23.2 Å². The summed E-state index contributed by atoms with van der Waals surface area (Å²) in [7, 11) is 1.74. The Balaban J connectivity index is 1.75. The molecule has 0 aliphatic heterocycles. The largest absolute Gasteiger partial charge is 0.497 e. The molecule has 2 heteroatoms. The van der Waals surface area contributed by atoms with Gasteiger partial charge >= 0.3 is 0 Å². The molecule has 0 heterocycles. The van der Waals surface area contributed by atoms with Crippen LogP contribution in [0.25, 0.3) is 0 Å². The van der Waals surface area contributed by atoms with Gasteiger partial charge in [-0.3, -0.25) is 0 Å². The van der Waals surface area contributed by atoms with Crippen LogP contribution in [0.15, 0.2) is 18.2 Å². The van der Waals surface area contributed by atoms with Crippen LogP contribution in [0.4, 0.5) is 0 Å². The molecule has 2 fully saturated rings. The fraction of sp³-hybridized carbons (Fsp3) is 0.636. The summed E-state index contributed by atoms with van der Waals surface area (Å²) in [4.78, 5) is 0. The highest BCUT2D eigenvalue weighted by Gasteiger charge is 2.62. The second-order valence-corrected chi connectivity index (χ2v) is 8.54. The molecule has 0 bridgehead atoms. The molecule has 1 aromatic rings. The van der Waals surface area contributed by atoms with Crippen molar-refractivity contribution < 1.29 is 9.84 Å². The van der Waals surface area contributed by atoms with Gasteiger partial charge in [-0.2, -0.15) is 0 Å². The summed E-state index contributed by atoms with van der Waals surface area (Å²) < 4.78 is 5.42. The van der Waals surface area contributed by atoms with Gasteiger partial charge in [0.05, 0.1) is 7.11 Å². The number of fused-ring (bicyclic) bond motifs is 5. The van der Waals surface area contributed by atoms with Crippen LogP contribution in [-0.4, -0.2) is 17.8 Å². The minimum Gasteiger partial charge on any atom is -0.497 e. The normalized spacial score (nSPS) is 43.3. The molecular formula is C22H28O2. The predicted octanol–water partition coefficient (Wildman–Crippen LogP) is 4.16. The summed E-state index contributed by atoms with van der Waals surface area (Å²) in [6, 6.07) is 6.61. The van der Waals surface area contributed by atoms with Crippen molar-refractivity contribution in [2.45, 2.75) is 57.5 Å². The van der Waals surface area contributed by atoms with Crippen molar-refractivity contribution in [3.63, 3.8) is 0 Å². The number of hydrogen-bond donors (Lipinski definition) is 1.